The first-order valence-corrected chi connectivity index (χ1v) is 11.0. The van der Waals surface area contributed by atoms with E-state index >= 15 is 0 Å². The van der Waals surface area contributed by atoms with Gasteiger partial charge in [-0.1, -0.05) is 49.1 Å². The molecule has 158 valence electrons. The van der Waals surface area contributed by atoms with Crippen molar-refractivity contribution in [2.75, 3.05) is 11.3 Å². The van der Waals surface area contributed by atoms with E-state index in [9.17, 15) is 13.2 Å². The van der Waals surface area contributed by atoms with Gasteiger partial charge in [0.2, 0.25) is 5.91 Å². The first-order chi connectivity index (χ1) is 14.3. The number of aryl methyl sites for hydroxylation is 2. The summed E-state index contributed by atoms with van der Waals surface area (Å²) in [6.45, 7) is 8.03. The normalized spacial score (nSPS) is 11.7. The highest BCUT2D eigenvalue weighted by Crippen LogP contribution is 2.14. The molecule has 0 bridgehead atoms. The number of nitrogens with zero attached hydrogens (tertiary/aromatic N) is 1. The van der Waals surface area contributed by atoms with Crippen LogP contribution in [0.2, 0.25) is 0 Å². The third-order valence-corrected chi connectivity index (χ3v) is 5.61. The number of carbonyl (C=O) groups is 1. The van der Waals surface area contributed by atoms with Gasteiger partial charge in [0.1, 0.15) is 0 Å². The Kier molecular flexibility index (Phi) is 8.55. The molecule has 7 heteroatoms. The highest BCUT2D eigenvalue weighted by Gasteiger charge is 2.13. The number of allylic oxidation sites excluding steroid dienone is 3. The molecule has 0 saturated carbocycles. The number of aromatic nitrogens is 1. The number of anilines is 1. The predicted octanol–water partition coefficient (Wildman–Crippen LogP) is 3.82. The van der Waals surface area contributed by atoms with Gasteiger partial charge in [0, 0.05) is 19.2 Å². The van der Waals surface area contributed by atoms with Gasteiger partial charge in [-0.2, -0.15) is 0 Å². The van der Waals surface area contributed by atoms with Gasteiger partial charge in [-0.25, -0.2) is 8.42 Å². The molecule has 1 aromatic carbocycles. The Labute approximate surface area is 178 Å². The molecule has 0 aliphatic heterocycles. The molecule has 1 heterocycles. The zero-order valence-corrected chi connectivity index (χ0v) is 18.1. The van der Waals surface area contributed by atoms with Crippen molar-refractivity contribution in [3.05, 3.63) is 95.2 Å². The number of hydrogen-bond donors (Lipinski definition) is 2. The fourth-order valence-corrected chi connectivity index (χ4v) is 3.45. The fourth-order valence-electron chi connectivity index (χ4n) is 2.64. The molecule has 0 atom stereocenters. The molecule has 0 aliphatic rings. The van der Waals surface area contributed by atoms with Crippen molar-refractivity contribution in [3.8, 4) is 0 Å². The second kappa shape index (κ2) is 11.1. The third kappa shape index (κ3) is 7.67. The van der Waals surface area contributed by atoms with Crippen LogP contribution in [0.25, 0.3) is 0 Å². The fraction of sp³-hybridized carbons (Fsp3) is 0.217. The summed E-state index contributed by atoms with van der Waals surface area (Å²) in [6.07, 6.45) is 10.3. The van der Waals surface area contributed by atoms with Crippen molar-refractivity contribution < 1.29 is 13.2 Å². The minimum absolute atomic E-state index is 0.0867. The summed E-state index contributed by atoms with van der Waals surface area (Å²) in [7, 11) is -3.76. The minimum Gasteiger partial charge on any atom is -0.356 e. The average molecular weight is 426 g/mol. The van der Waals surface area contributed by atoms with E-state index in [-0.39, 0.29) is 17.2 Å². The minimum atomic E-state index is -3.76. The lowest BCUT2D eigenvalue weighted by molar-refractivity contribution is -0.120. The topological polar surface area (TPSA) is 88.2 Å². The molecular formula is C23H27N3O3S. The number of nitrogens with one attached hydrogen (secondary N) is 2. The summed E-state index contributed by atoms with van der Waals surface area (Å²) >= 11 is 0. The second-order valence-corrected chi connectivity index (χ2v) is 8.58. The van der Waals surface area contributed by atoms with E-state index in [0.29, 0.717) is 12.2 Å². The first-order valence-electron chi connectivity index (χ1n) is 9.56. The SMILES string of the molecule is C=C(/C=C\C=C/CC(=O)NCCc1ccccc1C)S(=O)(=O)Nc1cncc(C)c1. The Hall–Kier alpha value is -3.19. The van der Waals surface area contributed by atoms with Gasteiger partial charge in [0.05, 0.1) is 16.8 Å². The van der Waals surface area contributed by atoms with Crippen LogP contribution in [0.3, 0.4) is 0 Å². The molecule has 30 heavy (non-hydrogen) atoms. The van der Waals surface area contributed by atoms with Gasteiger partial charge in [-0.15, -0.1) is 0 Å². The molecule has 2 aromatic rings. The monoisotopic (exact) mass is 425 g/mol. The molecule has 0 saturated heterocycles. The highest BCUT2D eigenvalue weighted by atomic mass is 32.2. The molecule has 6 nitrogen and oxygen atoms in total. The molecule has 0 spiro atoms. The quantitative estimate of drug-likeness (QED) is 0.567. The number of sulfonamides is 1. The van der Waals surface area contributed by atoms with E-state index in [2.05, 4.69) is 27.7 Å². The zero-order chi connectivity index (χ0) is 22.0. The van der Waals surface area contributed by atoms with E-state index in [1.807, 2.05) is 32.0 Å². The van der Waals surface area contributed by atoms with Crippen LogP contribution < -0.4 is 10.0 Å². The van der Waals surface area contributed by atoms with Crippen molar-refractivity contribution in [2.24, 2.45) is 0 Å². The lowest BCUT2D eigenvalue weighted by Gasteiger charge is -2.07. The van der Waals surface area contributed by atoms with Crippen LogP contribution in [-0.4, -0.2) is 25.9 Å². The third-order valence-electron chi connectivity index (χ3n) is 4.28. The molecule has 1 amide bonds. The first kappa shape index (κ1) is 23.1. The van der Waals surface area contributed by atoms with E-state index < -0.39 is 10.0 Å². The summed E-state index contributed by atoms with van der Waals surface area (Å²) in [6, 6.07) is 9.76. The summed E-state index contributed by atoms with van der Waals surface area (Å²) in [5.74, 6) is -0.0895. The Morgan fingerprint density at radius 3 is 2.67 bits per heavy atom. The maximum Gasteiger partial charge on any atom is 0.261 e. The Morgan fingerprint density at radius 1 is 1.17 bits per heavy atom. The Bertz CT molecular complexity index is 1060. The van der Waals surface area contributed by atoms with Gasteiger partial charge >= 0.3 is 0 Å². The van der Waals surface area contributed by atoms with Crippen LogP contribution in [0, 0.1) is 13.8 Å². The number of hydrogen-bond acceptors (Lipinski definition) is 4. The summed E-state index contributed by atoms with van der Waals surface area (Å²) in [4.78, 5) is 15.8. The molecule has 0 aliphatic carbocycles. The van der Waals surface area contributed by atoms with Crippen LogP contribution >= 0.6 is 0 Å². The summed E-state index contributed by atoms with van der Waals surface area (Å²) in [5, 5.41) is 2.87. The second-order valence-electron chi connectivity index (χ2n) is 6.84. The van der Waals surface area contributed by atoms with Gasteiger partial charge in [0.25, 0.3) is 10.0 Å². The molecule has 2 rings (SSSR count). The van der Waals surface area contributed by atoms with Crippen molar-refractivity contribution in [2.45, 2.75) is 26.7 Å². The van der Waals surface area contributed by atoms with E-state index in [0.717, 1.165) is 12.0 Å². The molecule has 2 N–H and O–H groups in total. The van der Waals surface area contributed by atoms with Crippen LogP contribution in [0.4, 0.5) is 5.69 Å². The smallest absolute Gasteiger partial charge is 0.261 e. The van der Waals surface area contributed by atoms with Crippen molar-refractivity contribution in [1.29, 1.82) is 0 Å². The highest BCUT2D eigenvalue weighted by molar-refractivity contribution is 7.96. The summed E-state index contributed by atoms with van der Waals surface area (Å²) in [5.41, 5.74) is 3.64. The molecular weight excluding hydrogens is 398 g/mol. The standard InChI is InChI=1S/C23H27N3O3S/c1-18-15-22(17-24-16-18)26-30(28,29)20(3)10-5-4-6-12-23(27)25-14-13-21-11-8-7-9-19(21)2/h4-11,15-17,26H,3,12-14H2,1-2H3,(H,25,27)/b6-4-,10-5-. The summed E-state index contributed by atoms with van der Waals surface area (Å²) < 4.78 is 27.0. The lowest BCUT2D eigenvalue weighted by atomic mass is 10.1. The van der Waals surface area contributed by atoms with Crippen molar-refractivity contribution >= 4 is 21.6 Å². The van der Waals surface area contributed by atoms with Crippen LogP contribution in [-0.2, 0) is 21.2 Å². The number of pyridine rings is 1. The zero-order valence-electron chi connectivity index (χ0n) is 17.3. The number of rotatable bonds is 10. The van der Waals surface area contributed by atoms with Crippen LogP contribution in [0.15, 0.2) is 78.5 Å². The predicted molar refractivity (Wildman–Crippen MR) is 121 cm³/mol. The molecule has 0 unspecified atom stereocenters. The number of carbonyl (C=O) groups excluding carboxylic acids is 1. The van der Waals surface area contributed by atoms with Crippen molar-refractivity contribution in [1.82, 2.24) is 10.3 Å². The van der Waals surface area contributed by atoms with Gasteiger partial charge in [0.15, 0.2) is 0 Å². The molecule has 0 fully saturated rings. The van der Waals surface area contributed by atoms with E-state index in [1.165, 1.54) is 29.5 Å². The maximum absolute atomic E-state index is 12.3. The van der Waals surface area contributed by atoms with Gasteiger partial charge < -0.3 is 5.32 Å². The van der Waals surface area contributed by atoms with E-state index in [1.54, 1.807) is 24.4 Å². The molecule has 0 radical (unpaired) electrons. The van der Waals surface area contributed by atoms with E-state index in [4.69, 9.17) is 0 Å². The molecule has 1 aromatic heterocycles. The number of amides is 1. The van der Waals surface area contributed by atoms with Crippen molar-refractivity contribution in [3.63, 3.8) is 0 Å². The Balaban J connectivity index is 1.75. The van der Waals surface area contributed by atoms with Gasteiger partial charge in [-0.05, 0) is 49.1 Å². The van der Waals surface area contributed by atoms with Crippen LogP contribution in [0.1, 0.15) is 23.1 Å². The average Bonchev–Trinajstić information content (AvgIpc) is 2.68. The Morgan fingerprint density at radius 2 is 1.93 bits per heavy atom. The largest absolute Gasteiger partial charge is 0.356 e. The maximum atomic E-state index is 12.3. The van der Waals surface area contributed by atoms with Crippen LogP contribution in [0.5, 0.6) is 0 Å². The van der Waals surface area contributed by atoms with Gasteiger partial charge in [-0.3, -0.25) is 14.5 Å². The number of benzene rings is 1. The lowest BCUT2D eigenvalue weighted by Crippen LogP contribution is -2.24.